The molecular weight excluding hydrogens is 252 g/mol. The number of carbonyl (C=O) groups is 1. The number of benzene rings is 1. The minimum atomic E-state index is -0.0764. The lowest BCUT2D eigenvalue weighted by Crippen LogP contribution is -2.32. The largest absolute Gasteiger partial charge is 0.495 e. The molecule has 0 radical (unpaired) electrons. The van der Waals surface area contributed by atoms with Gasteiger partial charge in [0.1, 0.15) is 5.75 Å². The number of anilines is 1. The molecule has 0 atom stereocenters. The van der Waals surface area contributed by atoms with E-state index in [-0.39, 0.29) is 6.03 Å². The molecule has 2 rings (SSSR count). The Hall–Kier alpha value is -1.42. The summed E-state index contributed by atoms with van der Waals surface area (Å²) in [6, 6.07) is 3.47. The molecule has 5 heteroatoms. The quantitative estimate of drug-likeness (QED) is 0.894. The number of nitrogens with zero attached hydrogens (tertiary/aromatic N) is 1. The fourth-order valence-corrected chi connectivity index (χ4v) is 2.20. The van der Waals surface area contributed by atoms with Crippen LogP contribution in [0.4, 0.5) is 10.5 Å². The first-order chi connectivity index (χ1) is 8.61. The van der Waals surface area contributed by atoms with Gasteiger partial charge in [0.15, 0.2) is 0 Å². The van der Waals surface area contributed by atoms with E-state index in [2.05, 4.69) is 5.32 Å². The van der Waals surface area contributed by atoms with Gasteiger partial charge in [-0.1, -0.05) is 11.6 Å². The topological polar surface area (TPSA) is 41.6 Å². The monoisotopic (exact) mass is 268 g/mol. The van der Waals surface area contributed by atoms with Gasteiger partial charge in [-0.25, -0.2) is 4.79 Å². The SMILES string of the molecule is COc1cc(Cl)c(C)cc1NC(=O)N1CCCC1. The Morgan fingerprint density at radius 3 is 2.67 bits per heavy atom. The molecule has 4 nitrogen and oxygen atoms in total. The van der Waals surface area contributed by atoms with Crippen molar-refractivity contribution in [2.45, 2.75) is 19.8 Å². The molecule has 0 unspecified atom stereocenters. The molecule has 98 valence electrons. The number of hydrogen-bond acceptors (Lipinski definition) is 2. The molecule has 1 aliphatic heterocycles. The van der Waals surface area contributed by atoms with Crippen LogP contribution in [-0.4, -0.2) is 31.1 Å². The van der Waals surface area contributed by atoms with Gasteiger partial charge in [0.25, 0.3) is 0 Å². The van der Waals surface area contributed by atoms with Crippen LogP contribution in [-0.2, 0) is 0 Å². The first-order valence-corrected chi connectivity index (χ1v) is 6.39. The molecule has 1 aromatic rings. The Morgan fingerprint density at radius 2 is 2.06 bits per heavy atom. The van der Waals surface area contributed by atoms with Gasteiger partial charge in [0.2, 0.25) is 0 Å². The van der Waals surface area contributed by atoms with Gasteiger partial charge in [0.05, 0.1) is 12.8 Å². The number of nitrogens with one attached hydrogen (secondary N) is 1. The summed E-state index contributed by atoms with van der Waals surface area (Å²) < 4.78 is 5.23. The van der Waals surface area contributed by atoms with E-state index in [9.17, 15) is 4.79 Å². The van der Waals surface area contributed by atoms with Crippen molar-refractivity contribution in [2.24, 2.45) is 0 Å². The lowest BCUT2D eigenvalue weighted by atomic mass is 10.2. The average Bonchev–Trinajstić information content (AvgIpc) is 2.87. The number of amides is 2. The second-order valence-corrected chi connectivity index (χ2v) is 4.83. The first kappa shape index (κ1) is 13.0. The third-order valence-corrected chi connectivity index (χ3v) is 3.52. The van der Waals surface area contributed by atoms with Crippen LogP contribution in [0.15, 0.2) is 12.1 Å². The van der Waals surface area contributed by atoms with E-state index in [0.29, 0.717) is 16.5 Å². The van der Waals surface area contributed by atoms with Crippen molar-refractivity contribution in [3.8, 4) is 5.75 Å². The van der Waals surface area contributed by atoms with Gasteiger partial charge in [-0.2, -0.15) is 0 Å². The van der Waals surface area contributed by atoms with Crippen LogP contribution in [0.3, 0.4) is 0 Å². The highest BCUT2D eigenvalue weighted by Crippen LogP contribution is 2.31. The van der Waals surface area contributed by atoms with E-state index < -0.39 is 0 Å². The van der Waals surface area contributed by atoms with Crippen LogP contribution >= 0.6 is 11.6 Å². The summed E-state index contributed by atoms with van der Waals surface area (Å²) in [5, 5.41) is 3.51. The van der Waals surface area contributed by atoms with Crippen molar-refractivity contribution < 1.29 is 9.53 Å². The lowest BCUT2D eigenvalue weighted by molar-refractivity contribution is 0.222. The highest BCUT2D eigenvalue weighted by atomic mass is 35.5. The van der Waals surface area contributed by atoms with Gasteiger partial charge >= 0.3 is 6.03 Å². The molecule has 0 bridgehead atoms. The van der Waals surface area contributed by atoms with Crippen LogP contribution in [0.25, 0.3) is 0 Å². The summed E-state index contributed by atoms with van der Waals surface area (Å²) in [4.78, 5) is 13.8. The van der Waals surface area contributed by atoms with Gasteiger partial charge in [-0.05, 0) is 31.4 Å². The minimum absolute atomic E-state index is 0.0764. The molecule has 18 heavy (non-hydrogen) atoms. The third kappa shape index (κ3) is 2.70. The van der Waals surface area contributed by atoms with Crippen molar-refractivity contribution in [3.63, 3.8) is 0 Å². The molecule has 0 aromatic heterocycles. The predicted molar refractivity (Wildman–Crippen MR) is 72.6 cm³/mol. The van der Waals surface area contributed by atoms with Crippen LogP contribution in [0.5, 0.6) is 5.75 Å². The lowest BCUT2D eigenvalue weighted by Gasteiger charge is -2.18. The normalized spacial score (nSPS) is 14.7. The van der Waals surface area contributed by atoms with E-state index >= 15 is 0 Å². The van der Waals surface area contributed by atoms with Gasteiger partial charge in [0, 0.05) is 24.2 Å². The molecule has 0 saturated carbocycles. The third-order valence-electron chi connectivity index (χ3n) is 3.12. The number of methoxy groups -OCH3 is 1. The summed E-state index contributed by atoms with van der Waals surface area (Å²) in [6.45, 7) is 3.54. The smallest absolute Gasteiger partial charge is 0.321 e. The molecule has 1 fully saturated rings. The van der Waals surface area contributed by atoms with Crippen LogP contribution in [0.2, 0.25) is 5.02 Å². The number of urea groups is 1. The average molecular weight is 269 g/mol. The minimum Gasteiger partial charge on any atom is -0.495 e. The number of aryl methyl sites for hydroxylation is 1. The summed E-state index contributed by atoms with van der Waals surface area (Å²) in [7, 11) is 1.56. The van der Waals surface area contributed by atoms with Crippen molar-refractivity contribution >= 4 is 23.3 Å². The molecule has 0 aliphatic carbocycles. The molecular formula is C13H17ClN2O2. The zero-order valence-corrected chi connectivity index (χ0v) is 11.4. The zero-order chi connectivity index (χ0) is 13.1. The summed E-state index contributed by atoms with van der Waals surface area (Å²) in [6.07, 6.45) is 2.15. The first-order valence-electron chi connectivity index (χ1n) is 6.02. The van der Waals surface area contributed by atoms with E-state index in [1.165, 1.54) is 0 Å². The number of hydrogen-bond donors (Lipinski definition) is 1. The molecule has 1 aromatic carbocycles. The Labute approximate surface area is 112 Å². The molecule has 1 saturated heterocycles. The second-order valence-electron chi connectivity index (χ2n) is 4.43. The number of carbonyl (C=O) groups excluding carboxylic acids is 1. The predicted octanol–water partition coefficient (Wildman–Crippen LogP) is 3.28. The van der Waals surface area contributed by atoms with Crippen molar-refractivity contribution in [3.05, 3.63) is 22.7 Å². The molecule has 1 N–H and O–H groups in total. The fourth-order valence-electron chi connectivity index (χ4n) is 2.04. The maximum atomic E-state index is 12.0. The highest BCUT2D eigenvalue weighted by Gasteiger charge is 2.19. The van der Waals surface area contributed by atoms with Crippen LogP contribution in [0, 0.1) is 6.92 Å². The molecule has 1 heterocycles. The van der Waals surface area contributed by atoms with Gasteiger partial charge < -0.3 is 15.0 Å². The Morgan fingerprint density at radius 1 is 1.39 bits per heavy atom. The maximum Gasteiger partial charge on any atom is 0.321 e. The fraction of sp³-hybridized carbons (Fsp3) is 0.462. The molecule has 2 amide bonds. The number of likely N-dealkylation sites (tertiary alicyclic amines) is 1. The van der Waals surface area contributed by atoms with E-state index in [1.807, 2.05) is 17.9 Å². The van der Waals surface area contributed by atoms with Crippen molar-refractivity contribution in [1.29, 1.82) is 0 Å². The Kier molecular flexibility index (Phi) is 3.97. The van der Waals surface area contributed by atoms with Crippen molar-refractivity contribution in [2.75, 3.05) is 25.5 Å². The maximum absolute atomic E-state index is 12.0. The zero-order valence-electron chi connectivity index (χ0n) is 10.6. The number of ether oxygens (including phenoxy) is 1. The van der Waals surface area contributed by atoms with Crippen molar-refractivity contribution in [1.82, 2.24) is 4.90 Å². The molecule has 0 spiro atoms. The molecule has 1 aliphatic rings. The van der Waals surface area contributed by atoms with Crippen LogP contribution < -0.4 is 10.1 Å². The summed E-state index contributed by atoms with van der Waals surface area (Å²) >= 11 is 6.03. The van der Waals surface area contributed by atoms with E-state index in [1.54, 1.807) is 13.2 Å². The summed E-state index contributed by atoms with van der Waals surface area (Å²) in [5.41, 5.74) is 1.57. The second kappa shape index (κ2) is 5.48. The Bertz CT molecular complexity index is 457. The number of rotatable bonds is 2. The van der Waals surface area contributed by atoms with Crippen LogP contribution in [0.1, 0.15) is 18.4 Å². The van der Waals surface area contributed by atoms with E-state index in [0.717, 1.165) is 31.5 Å². The highest BCUT2D eigenvalue weighted by molar-refractivity contribution is 6.31. The number of halogens is 1. The van der Waals surface area contributed by atoms with Gasteiger partial charge in [-0.15, -0.1) is 0 Å². The van der Waals surface area contributed by atoms with E-state index in [4.69, 9.17) is 16.3 Å². The summed E-state index contributed by atoms with van der Waals surface area (Å²) in [5.74, 6) is 0.582. The Balaban J connectivity index is 2.17. The standard InChI is InChI=1S/C13H17ClN2O2/c1-9-7-11(12(18-2)8-10(9)14)15-13(17)16-5-3-4-6-16/h7-8H,3-6H2,1-2H3,(H,15,17). The van der Waals surface area contributed by atoms with Gasteiger partial charge in [-0.3, -0.25) is 0 Å².